The molecule has 64 valence electrons. The summed E-state index contributed by atoms with van der Waals surface area (Å²) >= 11 is 0. The normalized spacial score (nSPS) is 39.4. The van der Waals surface area contributed by atoms with Gasteiger partial charge in [0.15, 0.2) is 0 Å². The molecule has 0 aromatic carbocycles. The Hall–Kier alpha value is -0.570. The summed E-state index contributed by atoms with van der Waals surface area (Å²) in [6.45, 7) is 5.79. The number of primary amides is 1. The Balaban J connectivity index is 2.79. The van der Waals surface area contributed by atoms with Crippen LogP contribution in [0, 0.1) is 11.3 Å². The van der Waals surface area contributed by atoms with E-state index in [0.29, 0.717) is 5.92 Å². The summed E-state index contributed by atoms with van der Waals surface area (Å²) in [5.41, 5.74) is 5.01. The minimum Gasteiger partial charge on any atom is -0.369 e. The molecule has 2 N–H and O–H groups in total. The predicted octanol–water partition coefficient (Wildman–Crippen LogP) is 0.0595. The van der Waals surface area contributed by atoms with Crippen LogP contribution in [0.3, 0.4) is 0 Å². The van der Waals surface area contributed by atoms with Crippen LogP contribution in [0.5, 0.6) is 0 Å². The van der Waals surface area contributed by atoms with Crippen LogP contribution in [0.4, 0.5) is 0 Å². The summed E-state index contributed by atoms with van der Waals surface area (Å²) in [7, 11) is 2.02. The van der Waals surface area contributed by atoms with Crippen molar-refractivity contribution in [3.63, 3.8) is 0 Å². The van der Waals surface area contributed by atoms with Crippen molar-refractivity contribution in [2.24, 2.45) is 17.1 Å². The Kier molecular flexibility index (Phi) is 1.92. The van der Waals surface area contributed by atoms with E-state index < -0.39 is 0 Å². The van der Waals surface area contributed by atoms with E-state index in [9.17, 15) is 4.79 Å². The zero-order chi connectivity index (χ0) is 8.65. The molecule has 3 heteroatoms. The van der Waals surface area contributed by atoms with Crippen LogP contribution in [-0.4, -0.2) is 30.9 Å². The van der Waals surface area contributed by atoms with Crippen molar-refractivity contribution in [2.45, 2.75) is 13.8 Å². The third kappa shape index (κ3) is 1.25. The summed E-state index contributed by atoms with van der Waals surface area (Å²) in [6.07, 6.45) is 0. The maximum Gasteiger partial charge on any atom is 0.224 e. The lowest BCUT2D eigenvalue weighted by atomic mass is 9.80. The SMILES string of the molecule is C[C@H]1CN(C)C[C@]1(C)C(N)=O. The van der Waals surface area contributed by atoms with Crippen LogP contribution in [0.25, 0.3) is 0 Å². The third-order valence-electron chi connectivity index (χ3n) is 2.83. The molecule has 0 spiro atoms. The Labute approximate surface area is 67.5 Å². The van der Waals surface area contributed by atoms with Crippen molar-refractivity contribution in [1.29, 1.82) is 0 Å². The molecule has 0 aliphatic carbocycles. The topological polar surface area (TPSA) is 46.3 Å². The van der Waals surface area contributed by atoms with E-state index in [2.05, 4.69) is 11.8 Å². The summed E-state index contributed by atoms with van der Waals surface area (Å²) < 4.78 is 0. The molecule has 1 aliphatic heterocycles. The maximum atomic E-state index is 11.1. The Morgan fingerprint density at radius 3 is 2.45 bits per heavy atom. The number of nitrogens with zero attached hydrogens (tertiary/aromatic N) is 1. The first-order chi connectivity index (χ1) is 4.97. The number of amides is 1. The van der Waals surface area contributed by atoms with Gasteiger partial charge in [-0.05, 0) is 19.9 Å². The summed E-state index contributed by atoms with van der Waals surface area (Å²) in [5, 5.41) is 0. The van der Waals surface area contributed by atoms with Gasteiger partial charge in [0.05, 0.1) is 5.41 Å². The number of likely N-dealkylation sites (tertiary alicyclic amines) is 1. The van der Waals surface area contributed by atoms with Crippen molar-refractivity contribution in [3.8, 4) is 0 Å². The molecule has 1 heterocycles. The summed E-state index contributed by atoms with van der Waals surface area (Å²) in [6, 6.07) is 0. The van der Waals surface area contributed by atoms with Gasteiger partial charge in [0.2, 0.25) is 5.91 Å². The van der Waals surface area contributed by atoms with Crippen LogP contribution in [0.1, 0.15) is 13.8 Å². The van der Waals surface area contributed by atoms with Gasteiger partial charge in [0.1, 0.15) is 0 Å². The van der Waals surface area contributed by atoms with Crippen LogP contribution >= 0.6 is 0 Å². The molecule has 2 atom stereocenters. The number of carbonyl (C=O) groups excluding carboxylic acids is 1. The van der Waals surface area contributed by atoms with Gasteiger partial charge in [-0.2, -0.15) is 0 Å². The fraction of sp³-hybridized carbons (Fsp3) is 0.875. The van der Waals surface area contributed by atoms with Gasteiger partial charge in [0.25, 0.3) is 0 Å². The average Bonchev–Trinajstić information content (AvgIpc) is 2.08. The molecule has 1 aliphatic rings. The number of nitrogens with two attached hydrogens (primary N) is 1. The highest BCUT2D eigenvalue weighted by atomic mass is 16.1. The fourth-order valence-corrected chi connectivity index (χ4v) is 1.77. The van der Waals surface area contributed by atoms with E-state index in [1.165, 1.54) is 0 Å². The minimum atomic E-state index is -0.311. The average molecular weight is 156 g/mol. The molecule has 11 heavy (non-hydrogen) atoms. The van der Waals surface area contributed by atoms with Crippen LogP contribution < -0.4 is 5.73 Å². The van der Waals surface area contributed by atoms with Crippen molar-refractivity contribution in [1.82, 2.24) is 4.90 Å². The Bertz CT molecular complexity index is 181. The van der Waals surface area contributed by atoms with E-state index in [1.54, 1.807) is 0 Å². The fourth-order valence-electron chi connectivity index (χ4n) is 1.77. The van der Waals surface area contributed by atoms with E-state index in [0.717, 1.165) is 13.1 Å². The Morgan fingerprint density at radius 1 is 1.73 bits per heavy atom. The lowest BCUT2D eigenvalue weighted by molar-refractivity contribution is -0.127. The van der Waals surface area contributed by atoms with Gasteiger partial charge in [0, 0.05) is 13.1 Å². The van der Waals surface area contributed by atoms with Crippen molar-refractivity contribution >= 4 is 5.91 Å². The molecule has 1 fully saturated rings. The number of rotatable bonds is 1. The number of hydrogen-bond donors (Lipinski definition) is 1. The zero-order valence-corrected chi connectivity index (χ0v) is 7.42. The standard InChI is InChI=1S/C8H16N2O/c1-6-4-10(3)5-8(6,2)7(9)11/h6H,4-5H2,1-3H3,(H2,9,11)/t6-,8-/m0/s1. The smallest absolute Gasteiger partial charge is 0.224 e. The number of hydrogen-bond acceptors (Lipinski definition) is 2. The van der Waals surface area contributed by atoms with Crippen molar-refractivity contribution < 1.29 is 4.79 Å². The molecule has 3 nitrogen and oxygen atoms in total. The lowest BCUT2D eigenvalue weighted by Crippen LogP contribution is -2.40. The first-order valence-electron chi connectivity index (χ1n) is 3.95. The largest absolute Gasteiger partial charge is 0.369 e. The molecule has 1 saturated heterocycles. The van der Waals surface area contributed by atoms with Crippen molar-refractivity contribution in [3.05, 3.63) is 0 Å². The highest BCUT2D eigenvalue weighted by Crippen LogP contribution is 2.33. The highest BCUT2D eigenvalue weighted by molar-refractivity contribution is 5.81. The molecule has 0 saturated carbocycles. The van der Waals surface area contributed by atoms with Gasteiger partial charge < -0.3 is 10.6 Å². The first kappa shape index (κ1) is 8.53. The van der Waals surface area contributed by atoms with Gasteiger partial charge >= 0.3 is 0 Å². The van der Waals surface area contributed by atoms with Crippen molar-refractivity contribution in [2.75, 3.05) is 20.1 Å². The van der Waals surface area contributed by atoms with Gasteiger partial charge in [-0.15, -0.1) is 0 Å². The predicted molar refractivity (Wildman–Crippen MR) is 44.0 cm³/mol. The van der Waals surface area contributed by atoms with Gasteiger partial charge in [-0.3, -0.25) is 4.79 Å². The number of carbonyl (C=O) groups is 1. The molecule has 0 unspecified atom stereocenters. The van der Waals surface area contributed by atoms with Gasteiger partial charge in [-0.1, -0.05) is 6.92 Å². The highest BCUT2D eigenvalue weighted by Gasteiger charge is 2.43. The zero-order valence-electron chi connectivity index (χ0n) is 7.42. The van der Waals surface area contributed by atoms with E-state index in [-0.39, 0.29) is 11.3 Å². The summed E-state index contributed by atoms with van der Waals surface area (Å²) in [4.78, 5) is 13.2. The van der Waals surface area contributed by atoms with Crippen LogP contribution in [0.15, 0.2) is 0 Å². The molecule has 1 rings (SSSR count). The van der Waals surface area contributed by atoms with Gasteiger partial charge in [-0.25, -0.2) is 0 Å². The molecular weight excluding hydrogens is 140 g/mol. The molecular formula is C8H16N2O. The summed E-state index contributed by atoms with van der Waals surface area (Å²) in [5.74, 6) is 0.208. The minimum absolute atomic E-state index is 0.172. The third-order valence-corrected chi connectivity index (χ3v) is 2.83. The second-order valence-electron chi connectivity index (χ2n) is 3.88. The molecule has 0 aromatic rings. The van der Waals surface area contributed by atoms with Crippen LogP contribution in [-0.2, 0) is 4.79 Å². The first-order valence-corrected chi connectivity index (χ1v) is 3.95. The molecule has 1 amide bonds. The molecule has 0 aromatic heterocycles. The second-order valence-corrected chi connectivity index (χ2v) is 3.88. The quantitative estimate of drug-likeness (QED) is 0.583. The van der Waals surface area contributed by atoms with E-state index in [1.807, 2.05) is 14.0 Å². The Morgan fingerprint density at radius 2 is 2.27 bits per heavy atom. The molecule has 0 bridgehead atoms. The monoisotopic (exact) mass is 156 g/mol. The van der Waals surface area contributed by atoms with Crippen LogP contribution in [0.2, 0.25) is 0 Å². The molecule has 0 radical (unpaired) electrons. The van der Waals surface area contributed by atoms with E-state index in [4.69, 9.17) is 5.73 Å². The van der Waals surface area contributed by atoms with E-state index >= 15 is 0 Å². The maximum absolute atomic E-state index is 11.1. The second kappa shape index (κ2) is 2.48. The lowest BCUT2D eigenvalue weighted by Gasteiger charge is -2.23.